The molecule has 0 aliphatic carbocycles. The molecule has 1 N–H and O–H groups in total. The van der Waals surface area contributed by atoms with Gasteiger partial charge in [0.05, 0.1) is 12.0 Å². The van der Waals surface area contributed by atoms with Crippen molar-refractivity contribution in [3.8, 4) is 27.8 Å². The predicted molar refractivity (Wildman–Crippen MR) is 121 cm³/mol. The van der Waals surface area contributed by atoms with Gasteiger partial charge in [0.1, 0.15) is 10.6 Å². The number of rotatable bonds is 4. The third-order valence-electron chi connectivity index (χ3n) is 5.36. The van der Waals surface area contributed by atoms with Gasteiger partial charge in [-0.1, -0.05) is 36.4 Å². The van der Waals surface area contributed by atoms with Crippen molar-refractivity contribution in [2.24, 2.45) is 0 Å². The molecule has 1 aliphatic heterocycles. The summed E-state index contributed by atoms with van der Waals surface area (Å²) in [7, 11) is 0. The maximum Gasteiger partial charge on any atom is 0.266 e. The molecule has 0 bridgehead atoms. The molecule has 1 saturated heterocycles. The fraction of sp³-hybridized carbons (Fsp3) is 0.167. The first kappa shape index (κ1) is 19.4. The lowest BCUT2D eigenvalue weighted by Crippen LogP contribution is -2.48. The first-order valence-electron chi connectivity index (χ1n) is 10.1. The Morgan fingerprint density at radius 2 is 1.77 bits per heavy atom. The van der Waals surface area contributed by atoms with E-state index in [0.717, 1.165) is 11.3 Å². The van der Waals surface area contributed by atoms with Crippen LogP contribution in [0.5, 0.6) is 5.75 Å². The number of aromatic nitrogens is 1. The summed E-state index contributed by atoms with van der Waals surface area (Å²) in [4.78, 5) is 22.9. The summed E-state index contributed by atoms with van der Waals surface area (Å²) in [6.07, 6.45) is 1.61. The zero-order valence-corrected chi connectivity index (χ0v) is 17.6. The van der Waals surface area contributed by atoms with E-state index in [1.807, 2.05) is 59.5 Å². The van der Waals surface area contributed by atoms with Crippen molar-refractivity contribution in [1.82, 2.24) is 9.88 Å². The summed E-state index contributed by atoms with van der Waals surface area (Å²) in [5, 5.41) is 10.4. The lowest BCUT2D eigenvalue weighted by molar-refractivity contribution is 0.0752. The molecule has 2 aromatic carbocycles. The van der Waals surface area contributed by atoms with E-state index in [1.54, 1.807) is 18.4 Å². The van der Waals surface area contributed by atoms with Crippen LogP contribution in [0.25, 0.3) is 22.0 Å². The molecule has 0 radical (unpaired) electrons. The molecule has 4 aromatic rings. The molecule has 3 heterocycles. The molecule has 1 fully saturated rings. The molecule has 0 saturated carbocycles. The summed E-state index contributed by atoms with van der Waals surface area (Å²) < 4.78 is 5.52. The molecular weight excluding hydrogens is 410 g/mol. The van der Waals surface area contributed by atoms with Gasteiger partial charge in [0.15, 0.2) is 10.8 Å². The lowest BCUT2D eigenvalue weighted by atomic mass is 10.1. The standard InChI is InChI=1S/C24H21N3O3S/c28-19-9-4-8-18(16-19)26-11-13-27(14-12-26)24(29)22-21(17-6-2-1-3-7-17)25-23(31-22)20-10-5-15-30-20/h1-10,15-16,28H,11-14H2. The topological polar surface area (TPSA) is 69.8 Å². The molecule has 5 rings (SSSR count). The number of carbonyl (C=O) groups excluding carboxylic acids is 1. The first-order valence-corrected chi connectivity index (χ1v) is 10.9. The summed E-state index contributed by atoms with van der Waals surface area (Å²) in [5.41, 5.74) is 2.57. The van der Waals surface area contributed by atoms with Gasteiger partial charge in [0.25, 0.3) is 5.91 Å². The highest BCUT2D eigenvalue weighted by Crippen LogP contribution is 2.35. The molecule has 31 heavy (non-hydrogen) atoms. The number of hydrogen-bond acceptors (Lipinski definition) is 6. The van der Waals surface area contributed by atoms with E-state index in [0.29, 0.717) is 47.5 Å². The van der Waals surface area contributed by atoms with Gasteiger partial charge in [0.2, 0.25) is 0 Å². The molecule has 1 aliphatic rings. The second-order valence-corrected chi connectivity index (χ2v) is 8.34. The first-order chi connectivity index (χ1) is 15.2. The number of benzene rings is 2. The number of anilines is 1. The molecule has 156 valence electrons. The monoisotopic (exact) mass is 431 g/mol. The minimum absolute atomic E-state index is 0.00952. The van der Waals surface area contributed by atoms with E-state index in [4.69, 9.17) is 9.40 Å². The maximum atomic E-state index is 13.5. The maximum absolute atomic E-state index is 13.5. The molecule has 0 spiro atoms. The number of piperazine rings is 1. The van der Waals surface area contributed by atoms with Crippen LogP contribution in [-0.4, -0.2) is 47.1 Å². The largest absolute Gasteiger partial charge is 0.508 e. The lowest BCUT2D eigenvalue weighted by Gasteiger charge is -2.36. The van der Waals surface area contributed by atoms with E-state index in [9.17, 15) is 9.90 Å². The van der Waals surface area contributed by atoms with Crippen molar-refractivity contribution in [2.45, 2.75) is 0 Å². The molecular formula is C24H21N3O3S. The number of carbonyl (C=O) groups is 1. The minimum Gasteiger partial charge on any atom is -0.508 e. The number of furan rings is 1. The SMILES string of the molecule is O=C(c1sc(-c2ccco2)nc1-c1ccccc1)N1CCN(c2cccc(O)c2)CC1. The average molecular weight is 432 g/mol. The third kappa shape index (κ3) is 3.92. The fourth-order valence-corrected chi connectivity index (χ4v) is 4.79. The number of hydrogen-bond donors (Lipinski definition) is 1. The number of phenolic OH excluding ortho intramolecular Hbond substituents is 1. The van der Waals surface area contributed by atoms with E-state index in [2.05, 4.69) is 4.90 Å². The Hall–Kier alpha value is -3.58. The van der Waals surface area contributed by atoms with Gasteiger partial charge in [-0.25, -0.2) is 4.98 Å². The van der Waals surface area contributed by atoms with Crippen LogP contribution in [0.4, 0.5) is 5.69 Å². The third-order valence-corrected chi connectivity index (χ3v) is 6.42. The van der Waals surface area contributed by atoms with Gasteiger partial charge in [-0.3, -0.25) is 4.79 Å². The van der Waals surface area contributed by atoms with Crippen LogP contribution in [-0.2, 0) is 0 Å². The van der Waals surface area contributed by atoms with Crippen molar-refractivity contribution in [3.05, 3.63) is 77.9 Å². The molecule has 2 aromatic heterocycles. The van der Waals surface area contributed by atoms with Crippen molar-refractivity contribution in [1.29, 1.82) is 0 Å². The summed E-state index contributed by atoms with van der Waals surface area (Å²) in [6, 6.07) is 20.7. The van der Waals surface area contributed by atoms with Crippen LogP contribution < -0.4 is 4.90 Å². The summed E-state index contributed by atoms with van der Waals surface area (Å²) >= 11 is 1.37. The van der Waals surface area contributed by atoms with E-state index >= 15 is 0 Å². The van der Waals surface area contributed by atoms with E-state index in [1.165, 1.54) is 11.3 Å². The fourth-order valence-electron chi connectivity index (χ4n) is 3.76. The van der Waals surface area contributed by atoms with Crippen LogP contribution >= 0.6 is 11.3 Å². The number of aromatic hydroxyl groups is 1. The van der Waals surface area contributed by atoms with Gasteiger partial charge in [-0.05, 0) is 24.3 Å². The van der Waals surface area contributed by atoms with Crippen LogP contribution in [0, 0.1) is 0 Å². The normalized spacial score (nSPS) is 14.1. The molecule has 1 amide bonds. The van der Waals surface area contributed by atoms with Crippen LogP contribution in [0.1, 0.15) is 9.67 Å². The Kier molecular flexibility index (Phi) is 5.18. The number of thiazole rings is 1. The minimum atomic E-state index is -0.00952. The highest BCUT2D eigenvalue weighted by Gasteiger charge is 2.28. The van der Waals surface area contributed by atoms with Gasteiger partial charge in [-0.2, -0.15) is 0 Å². The second-order valence-electron chi connectivity index (χ2n) is 7.34. The quantitative estimate of drug-likeness (QED) is 0.506. The molecule has 0 atom stereocenters. The number of phenols is 1. The van der Waals surface area contributed by atoms with Crippen molar-refractivity contribution < 1.29 is 14.3 Å². The Morgan fingerprint density at radius 3 is 2.48 bits per heavy atom. The van der Waals surface area contributed by atoms with Gasteiger partial charge >= 0.3 is 0 Å². The number of amides is 1. The van der Waals surface area contributed by atoms with E-state index in [-0.39, 0.29) is 11.7 Å². The number of nitrogens with zero attached hydrogens (tertiary/aromatic N) is 3. The van der Waals surface area contributed by atoms with Crippen LogP contribution in [0.2, 0.25) is 0 Å². The zero-order valence-electron chi connectivity index (χ0n) is 16.8. The van der Waals surface area contributed by atoms with Crippen molar-refractivity contribution >= 4 is 22.9 Å². The summed E-state index contributed by atoms with van der Waals surface area (Å²) in [6.45, 7) is 2.63. The van der Waals surface area contributed by atoms with Crippen LogP contribution in [0.3, 0.4) is 0 Å². The average Bonchev–Trinajstić information content (AvgIpc) is 3.49. The van der Waals surface area contributed by atoms with Gasteiger partial charge in [0, 0.05) is 43.5 Å². The molecule has 0 unspecified atom stereocenters. The van der Waals surface area contributed by atoms with Gasteiger partial charge < -0.3 is 19.3 Å². The smallest absolute Gasteiger partial charge is 0.266 e. The van der Waals surface area contributed by atoms with Crippen molar-refractivity contribution in [2.75, 3.05) is 31.1 Å². The second kappa shape index (κ2) is 8.28. The Morgan fingerprint density at radius 1 is 0.968 bits per heavy atom. The predicted octanol–water partition coefficient (Wildman–Crippen LogP) is 4.74. The summed E-state index contributed by atoms with van der Waals surface area (Å²) in [5.74, 6) is 0.901. The molecule has 7 heteroatoms. The highest BCUT2D eigenvalue weighted by atomic mass is 32.1. The zero-order chi connectivity index (χ0) is 21.2. The highest BCUT2D eigenvalue weighted by molar-refractivity contribution is 7.17. The van der Waals surface area contributed by atoms with Crippen LogP contribution in [0.15, 0.2) is 77.4 Å². The Balaban J connectivity index is 1.40. The molecule has 6 nitrogen and oxygen atoms in total. The van der Waals surface area contributed by atoms with E-state index < -0.39 is 0 Å². The van der Waals surface area contributed by atoms with Gasteiger partial charge in [-0.15, -0.1) is 11.3 Å². The van der Waals surface area contributed by atoms with Crippen molar-refractivity contribution in [3.63, 3.8) is 0 Å². The Labute approximate surface area is 184 Å². The Bertz CT molecular complexity index is 1180.